The van der Waals surface area contributed by atoms with Crippen LogP contribution < -0.4 is 10.1 Å². The average Bonchev–Trinajstić information content (AvgIpc) is 3.40. The molecule has 1 spiro atoms. The lowest BCUT2D eigenvalue weighted by Crippen LogP contribution is -2.24. The molecule has 6 rings (SSSR count). The van der Waals surface area contributed by atoms with E-state index in [1.165, 1.54) is 56.1 Å². The van der Waals surface area contributed by atoms with Gasteiger partial charge in [-0.25, -0.2) is 9.78 Å². The monoisotopic (exact) mass is 559 g/mol. The zero-order chi connectivity index (χ0) is 28.9. The summed E-state index contributed by atoms with van der Waals surface area (Å²) in [6.07, 6.45) is 10.8. The maximum atomic E-state index is 13.5. The summed E-state index contributed by atoms with van der Waals surface area (Å²) in [6, 6.07) is 6.65. The highest BCUT2D eigenvalue weighted by atomic mass is 16.5. The number of fused-ring (bicyclic) bond motifs is 2. The molecule has 0 unspecified atom stereocenters. The predicted octanol–water partition coefficient (Wildman–Crippen LogP) is 6.77. The Morgan fingerprint density at radius 3 is 2.54 bits per heavy atom. The maximum Gasteiger partial charge on any atom is 0.357 e. The quantitative estimate of drug-likeness (QED) is 0.331. The van der Waals surface area contributed by atoms with Gasteiger partial charge in [0.05, 0.1) is 18.7 Å². The number of benzene rings is 1. The number of carbonyl (C=O) groups excluding carboxylic acids is 1. The highest BCUT2D eigenvalue weighted by Crippen LogP contribution is 2.58. The van der Waals surface area contributed by atoms with E-state index in [0.29, 0.717) is 11.5 Å². The number of carboxylic acid groups (broad SMARTS) is 1. The summed E-state index contributed by atoms with van der Waals surface area (Å²) in [5, 5.41) is 12.0. The van der Waals surface area contributed by atoms with Crippen LogP contribution in [-0.2, 0) is 23.9 Å². The first-order valence-corrected chi connectivity index (χ1v) is 15.0. The Morgan fingerprint density at radius 1 is 1.12 bits per heavy atom. The van der Waals surface area contributed by atoms with E-state index in [-0.39, 0.29) is 34.9 Å². The minimum Gasteiger partial charge on any atom is -0.493 e. The maximum absolute atomic E-state index is 13.5. The van der Waals surface area contributed by atoms with Gasteiger partial charge in [0, 0.05) is 34.5 Å². The summed E-state index contributed by atoms with van der Waals surface area (Å²) in [7, 11) is 0. The molecular formula is C33H41N3O5. The lowest BCUT2D eigenvalue weighted by atomic mass is 9.79. The van der Waals surface area contributed by atoms with Gasteiger partial charge in [-0.3, -0.25) is 4.79 Å². The van der Waals surface area contributed by atoms with Gasteiger partial charge in [-0.05, 0) is 74.1 Å². The molecular weight excluding hydrogens is 518 g/mol. The molecule has 1 aliphatic heterocycles. The van der Waals surface area contributed by atoms with E-state index in [9.17, 15) is 9.59 Å². The second kappa shape index (κ2) is 10.4. The van der Waals surface area contributed by atoms with Crippen LogP contribution >= 0.6 is 0 Å². The topological polar surface area (TPSA) is 107 Å². The number of rotatable bonds is 7. The molecule has 3 aromatic rings. The molecule has 8 heteroatoms. The standard InChI is InChI=1S/C33H41N3O5/c1-20-23(30(37)34-17-28-35-26(19-41-28)31(38)39)16-27(36(20)18-21-8-6-5-7-9-21)22-14-24(32(2,3)4)29-25(15-22)33(10-11-33)12-13-40-29/h14-16,19,21H,5-13,17-18H2,1-4H3,(H,34,37)(H,38,39). The fourth-order valence-electron chi connectivity index (χ4n) is 6.76. The van der Waals surface area contributed by atoms with Crippen LogP contribution in [0.4, 0.5) is 0 Å². The normalized spacial score (nSPS) is 18.1. The van der Waals surface area contributed by atoms with Crippen LogP contribution in [0, 0.1) is 12.8 Å². The number of aromatic nitrogens is 2. The summed E-state index contributed by atoms with van der Waals surface area (Å²) < 4.78 is 13.9. The zero-order valence-corrected chi connectivity index (χ0v) is 24.6. The van der Waals surface area contributed by atoms with Crippen molar-refractivity contribution in [1.82, 2.24) is 14.9 Å². The molecule has 2 fully saturated rings. The number of hydrogen-bond acceptors (Lipinski definition) is 5. The third kappa shape index (κ3) is 5.29. The summed E-state index contributed by atoms with van der Waals surface area (Å²) in [5.41, 5.74) is 6.29. The van der Waals surface area contributed by atoms with Gasteiger partial charge in [0.1, 0.15) is 12.0 Å². The van der Waals surface area contributed by atoms with Crippen molar-refractivity contribution in [2.24, 2.45) is 5.92 Å². The van der Waals surface area contributed by atoms with E-state index in [1.54, 1.807) is 0 Å². The second-order valence-corrected chi connectivity index (χ2v) is 13.3. The number of carbonyl (C=O) groups is 2. The summed E-state index contributed by atoms with van der Waals surface area (Å²) in [4.78, 5) is 28.6. The van der Waals surface area contributed by atoms with Gasteiger partial charge in [-0.2, -0.15) is 0 Å². The van der Waals surface area contributed by atoms with E-state index >= 15 is 0 Å². The number of ether oxygens (including phenoxy) is 1. The first-order valence-electron chi connectivity index (χ1n) is 15.0. The van der Waals surface area contributed by atoms with Gasteiger partial charge < -0.3 is 24.1 Å². The summed E-state index contributed by atoms with van der Waals surface area (Å²) >= 11 is 0. The molecule has 2 saturated carbocycles. The van der Waals surface area contributed by atoms with Gasteiger partial charge in [0.15, 0.2) is 5.69 Å². The Kier molecular flexibility index (Phi) is 6.99. The van der Waals surface area contributed by atoms with Gasteiger partial charge >= 0.3 is 5.97 Å². The van der Waals surface area contributed by atoms with Crippen LogP contribution in [0.2, 0.25) is 0 Å². The van der Waals surface area contributed by atoms with Crippen molar-refractivity contribution in [3.05, 3.63) is 58.4 Å². The molecule has 1 amide bonds. The smallest absolute Gasteiger partial charge is 0.357 e. The molecule has 0 atom stereocenters. The molecule has 0 saturated heterocycles. The van der Waals surface area contributed by atoms with Crippen LogP contribution in [0.15, 0.2) is 28.9 Å². The van der Waals surface area contributed by atoms with E-state index in [2.05, 4.69) is 47.8 Å². The number of nitrogens with zero attached hydrogens (tertiary/aromatic N) is 2. The Labute approximate surface area is 241 Å². The molecule has 0 bridgehead atoms. The van der Waals surface area contributed by atoms with Crippen molar-refractivity contribution < 1.29 is 23.8 Å². The molecule has 8 nitrogen and oxygen atoms in total. The Hall–Kier alpha value is -3.55. The molecule has 0 radical (unpaired) electrons. The summed E-state index contributed by atoms with van der Waals surface area (Å²) in [6.45, 7) is 10.4. The fraction of sp³-hybridized carbons (Fsp3) is 0.545. The first kappa shape index (κ1) is 27.6. The molecule has 2 aromatic heterocycles. The van der Waals surface area contributed by atoms with Crippen molar-refractivity contribution in [1.29, 1.82) is 0 Å². The molecule has 3 aliphatic rings. The number of amides is 1. The van der Waals surface area contributed by atoms with Crippen LogP contribution in [0.3, 0.4) is 0 Å². The largest absolute Gasteiger partial charge is 0.493 e. The van der Waals surface area contributed by atoms with Crippen LogP contribution in [0.25, 0.3) is 11.3 Å². The zero-order valence-electron chi connectivity index (χ0n) is 24.6. The van der Waals surface area contributed by atoms with E-state index in [4.69, 9.17) is 14.3 Å². The Balaban J connectivity index is 1.40. The number of carboxylic acids is 1. The molecule has 3 heterocycles. The van der Waals surface area contributed by atoms with Gasteiger partial charge in [0.2, 0.25) is 5.89 Å². The van der Waals surface area contributed by atoms with Crippen molar-refractivity contribution in [2.45, 2.75) is 103 Å². The fourth-order valence-corrected chi connectivity index (χ4v) is 6.76. The van der Waals surface area contributed by atoms with Crippen molar-refractivity contribution in [2.75, 3.05) is 6.61 Å². The third-order valence-electron chi connectivity index (χ3n) is 9.39. The number of nitrogens with one attached hydrogen (secondary N) is 1. The minimum atomic E-state index is -1.16. The van der Waals surface area contributed by atoms with Gasteiger partial charge in [0.25, 0.3) is 5.91 Å². The Bertz CT molecular complexity index is 1460. The molecule has 1 aromatic carbocycles. The van der Waals surface area contributed by atoms with E-state index in [0.717, 1.165) is 48.5 Å². The number of hydrogen-bond donors (Lipinski definition) is 2. The number of aromatic carboxylic acids is 1. The second-order valence-electron chi connectivity index (χ2n) is 13.3. The van der Waals surface area contributed by atoms with Gasteiger partial charge in [-0.1, -0.05) is 40.0 Å². The molecule has 218 valence electrons. The highest BCUT2D eigenvalue weighted by molar-refractivity contribution is 5.97. The van der Waals surface area contributed by atoms with Crippen LogP contribution in [0.5, 0.6) is 5.75 Å². The predicted molar refractivity (Wildman–Crippen MR) is 156 cm³/mol. The lowest BCUT2D eigenvalue weighted by molar-refractivity contribution is 0.0690. The highest BCUT2D eigenvalue weighted by Gasteiger charge is 2.49. The van der Waals surface area contributed by atoms with Gasteiger partial charge in [-0.15, -0.1) is 0 Å². The summed E-state index contributed by atoms with van der Waals surface area (Å²) in [5.74, 6) is 0.428. The molecule has 2 aliphatic carbocycles. The minimum absolute atomic E-state index is 0.0154. The first-order chi connectivity index (χ1) is 19.6. The van der Waals surface area contributed by atoms with E-state index < -0.39 is 5.97 Å². The van der Waals surface area contributed by atoms with E-state index in [1.807, 2.05) is 13.0 Å². The SMILES string of the molecule is Cc1c(C(=O)NCc2nc(C(=O)O)co2)cc(-c2cc(C(C)(C)C)c3c(c2)C2(CCO3)CC2)n1CC1CCCCC1. The average molecular weight is 560 g/mol. The van der Waals surface area contributed by atoms with Crippen molar-refractivity contribution in [3.63, 3.8) is 0 Å². The molecule has 41 heavy (non-hydrogen) atoms. The Morgan fingerprint density at radius 2 is 1.88 bits per heavy atom. The van der Waals surface area contributed by atoms with Crippen LogP contribution in [0.1, 0.15) is 116 Å². The lowest BCUT2D eigenvalue weighted by Gasteiger charge is -2.33. The third-order valence-corrected chi connectivity index (χ3v) is 9.39. The number of oxazole rings is 1. The van der Waals surface area contributed by atoms with Crippen LogP contribution in [-0.4, -0.2) is 33.1 Å². The molecule has 2 N–H and O–H groups in total. The van der Waals surface area contributed by atoms with Crippen molar-refractivity contribution >= 4 is 11.9 Å². The van der Waals surface area contributed by atoms with Crippen molar-refractivity contribution in [3.8, 4) is 17.0 Å².